The molecule has 3 aliphatic heterocycles. The van der Waals surface area contributed by atoms with Gasteiger partial charge in [0.05, 0.1) is 12.7 Å². The van der Waals surface area contributed by atoms with Gasteiger partial charge in [0.25, 0.3) is 0 Å². The minimum absolute atomic E-state index is 0.133. The fourth-order valence-corrected chi connectivity index (χ4v) is 4.27. The van der Waals surface area contributed by atoms with Crippen LogP contribution < -0.4 is 0 Å². The SMILES string of the molecule is CCB1OCC(C2OC(OCCCCCc3ccccc3)C3OB(CC)OC23)O1. The summed E-state index contributed by atoms with van der Waals surface area (Å²) < 4.78 is 36.1. The Morgan fingerprint density at radius 1 is 0.897 bits per heavy atom. The second kappa shape index (κ2) is 10.4. The number of hydrogen-bond donors (Lipinski definition) is 0. The Labute approximate surface area is 174 Å². The van der Waals surface area contributed by atoms with Crippen molar-refractivity contribution in [3.05, 3.63) is 35.9 Å². The predicted molar refractivity (Wildman–Crippen MR) is 112 cm³/mol. The molecule has 1 aromatic rings. The molecule has 1 aromatic carbocycles. The Bertz CT molecular complexity index is 620. The van der Waals surface area contributed by atoms with E-state index in [2.05, 4.69) is 44.2 Å². The summed E-state index contributed by atoms with van der Waals surface area (Å²) in [5.41, 5.74) is 1.39. The molecule has 5 unspecified atom stereocenters. The molecule has 0 aromatic heterocycles. The van der Waals surface area contributed by atoms with E-state index >= 15 is 0 Å². The van der Waals surface area contributed by atoms with Crippen molar-refractivity contribution in [2.24, 2.45) is 0 Å². The van der Waals surface area contributed by atoms with Crippen molar-refractivity contribution in [3.8, 4) is 0 Å². The highest BCUT2D eigenvalue weighted by molar-refractivity contribution is 6.45. The molecule has 0 spiro atoms. The first-order valence-electron chi connectivity index (χ1n) is 11.2. The van der Waals surface area contributed by atoms with Crippen LogP contribution in [0.3, 0.4) is 0 Å². The van der Waals surface area contributed by atoms with Gasteiger partial charge in [0.2, 0.25) is 0 Å². The molecule has 0 bridgehead atoms. The highest BCUT2D eigenvalue weighted by Gasteiger charge is 2.57. The van der Waals surface area contributed by atoms with Gasteiger partial charge in [0.1, 0.15) is 18.3 Å². The van der Waals surface area contributed by atoms with E-state index in [0.29, 0.717) is 13.2 Å². The minimum Gasteiger partial charge on any atom is -0.408 e. The topological polar surface area (TPSA) is 55.4 Å². The summed E-state index contributed by atoms with van der Waals surface area (Å²) in [6.07, 6.45) is 4.95. The molecule has 29 heavy (non-hydrogen) atoms. The van der Waals surface area contributed by atoms with E-state index in [-0.39, 0.29) is 38.7 Å². The average Bonchev–Trinajstić information content (AvgIpc) is 3.46. The fourth-order valence-electron chi connectivity index (χ4n) is 4.27. The predicted octanol–water partition coefficient (Wildman–Crippen LogP) is 3.36. The van der Waals surface area contributed by atoms with Crippen molar-refractivity contribution in [1.29, 1.82) is 0 Å². The van der Waals surface area contributed by atoms with E-state index < -0.39 is 6.29 Å². The van der Waals surface area contributed by atoms with Crippen molar-refractivity contribution in [2.75, 3.05) is 13.2 Å². The molecule has 4 rings (SSSR count). The normalized spacial score (nSPS) is 31.6. The second-order valence-corrected chi connectivity index (χ2v) is 8.02. The minimum atomic E-state index is -0.403. The monoisotopic (exact) mass is 402 g/mol. The summed E-state index contributed by atoms with van der Waals surface area (Å²) in [5.74, 6) is 0. The molecular weight excluding hydrogens is 370 g/mol. The molecule has 0 aliphatic carbocycles. The van der Waals surface area contributed by atoms with Crippen molar-refractivity contribution in [3.63, 3.8) is 0 Å². The van der Waals surface area contributed by atoms with Gasteiger partial charge in [0, 0.05) is 6.61 Å². The molecule has 8 heteroatoms. The van der Waals surface area contributed by atoms with Crippen LogP contribution in [0.2, 0.25) is 12.6 Å². The molecule has 3 heterocycles. The van der Waals surface area contributed by atoms with Crippen LogP contribution in [-0.4, -0.2) is 58.2 Å². The van der Waals surface area contributed by atoms with Gasteiger partial charge in [-0.2, -0.15) is 0 Å². The van der Waals surface area contributed by atoms with Gasteiger partial charge < -0.3 is 28.1 Å². The number of benzene rings is 1. The zero-order valence-electron chi connectivity index (χ0n) is 17.5. The van der Waals surface area contributed by atoms with Gasteiger partial charge in [-0.05, 0) is 37.5 Å². The van der Waals surface area contributed by atoms with Crippen LogP contribution in [0, 0.1) is 0 Å². The maximum absolute atomic E-state index is 6.20. The molecule has 0 saturated carbocycles. The van der Waals surface area contributed by atoms with Crippen molar-refractivity contribution in [1.82, 2.24) is 0 Å². The van der Waals surface area contributed by atoms with Crippen molar-refractivity contribution >= 4 is 14.2 Å². The fraction of sp³-hybridized carbons (Fsp3) is 0.714. The van der Waals surface area contributed by atoms with Crippen LogP contribution in [0.1, 0.15) is 38.7 Å². The molecule has 0 N–H and O–H groups in total. The first kappa shape index (κ1) is 21.3. The summed E-state index contributed by atoms with van der Waals surface area (Å²) in [5, 5.41) is 0. The molecule has 0 amide bonds. The molecule has 3 saturated heterocycles. The third kappa shape index (κ3) is 5.24. The summed E-state index contributed by atoms with van der Waals surface area (Å²) in [6, 6.07) is 10.6. The standard InChI is InChI=1S/C21H32B2O6/c1-3-22-25-15-17(27-22)18-19-20(29-23(4-2)28-19)21(26-18)24-14-10-6-9-13-16-11-7-5-8-12-16/h5,7-8,11-12,17-21H,3-4,6,9-10,13-15H2,1-2H3. The Morgan fingerprint density at radius 2 is 1.69 bits per heavy atom. The van der Waals surface area contributed by atoms with E-state index in [1.807, 2.05) is 0 Å². The molecule has 3 fully saturated rings. The van der Waals surface area contributed by atoms with Crippen LogP contribution in [-0.2, 0) is 34.5 Å². The van der Waals surface area contributed by atoms with Gasteiger partial charge in [-0.3, -0.25) is 0 Å². The van der Waals surface area contributed by atoms with Gasteiger partial charge >= 0.3 is 14.2 Å². The highest BCUT2D eigenvalue weighted by atomic mass is 16.8. The summed E-state index contributed by atoms with van der Waals surface area (Å²) >= 11 is 0. The van der Waals surface area contributed by atoms with Gasteiger partial charge in [-0.1, -0.05) is 50.6 Å². The van der Waals surface area contributed by atoms with E-state index in [0.717, 1.165) is 38.3 Å². The van der Waals surface area contributed by atoms with Gasteiger partial charge in [0.15, 0.2) is 6.29 Å². The lowest BCUT2D eigenvalue weighted by molar-refractivity contribution is -0.175. The maximum atomic E-state index is 6.20. The third-order valence-electron chi connectivity index (χ3n) is 5.87. The highest BCUT2D eigenvalue weighted by Crippen LogP contribution is 2.37. The Hall–Kier alpha value is -0.890. The molecule has 158 valence electrons. The Balaban J connectivity index is 1.23. The Morgan fingerprint density at radius 3 is 2.45 bits per heavy atom. The van der Waals surface area contributed by atoms with Crippen LogP contribution in [0.4, 0.5) is 0 Å². The quantitative estimate of drug-likeness (QED) is 0.442. The van der Waals surface area contributed by atoms with Crippen molar-refractivity contribution in [2.45, 2.75) is 82.9 Å². The zero-order chi connectivity index (χ0) is 20.1. The van der Waals surface area contributed by atoms with Crippen molar-refractivity contribution < 1.29 is 28.1 Å². The third-order valence-corrected chi connectivity index (χ3v) is 5.87. The van der Waals surface area contributed by atoms with Gasteiger partial charge in [-0.15, -0.1) is 0 Å². The molecule has 3 aliphatic rings. The molecule has 5 atom stereocenters. The van der Waals surface area contributed by atoms with E-state index in [1.54, 1.807) is 0 Å². The smallest absolute Gasteiger partial charge is 0.408 e. The van der Waals surface area contributed by atoms with Crippen LogP contribution >= 0.6 is 0 Å². The number of aryl methyl sites for hydroxylation is 1. The average molecular weight is 402 g/mol. The second-order valence-electron chi connectivity index (χ2n) is 8.02. The van der Waals surface area contributed by atoms with Crippen LogP contribution in [0.25, 0.3) is 0 Å². The molecule has 0 radical (unpaired) electrons. The Kier molecular flexibility index (Phi) is 7.67. The number of rotatable bonds is 10. The lowest BCUT2D eigenvalue weighted by atomic mass is 9.86. The summed E-state index contributed by atoms with van der Waals surface area (Å²) in [4.78, 5) is 0. The van der Waals surface area contributed by atoms with Crippen LogP contribution in [0.5, 0.6) is 0 Å². The first-order chi connectivity index (χ1) is 14.3. The lowest BCUT2D eigenvalue weighted by Gasteiger charge is -2.23. The molecular formula is C21H32B2O6. The van der Waals surface area contributed by atoms with E-state index in [9.17, 15) is 0 Å². The van der Waals surface area contributed by atoms with Crippen LogP contribution in [0.15, 0.2) is 30.3 Å². The first-order valence-corrected chi connectivity index (χ1v) is 11.2. The maximum Gasteiger partial charge on any atom is 0.457 e. The summed E-state index contributed by atoms with van der Waals surface area (Å²) in [7, 11) is -0.353. The zero-order valence-corrected chi connectivity index (χ0v) is 17.5. The van der Waals surface area contributed by atoms with E-state index in [4.69, 9.17) is 28.1 Å². The number of hydrogen-bond acceptors (Lipinski definition) is 6. The number of fused-ring (bicyclic) bond motifs is 1. The summed E-state index contributed by atoms with van der Waals surface area (Å²) in [6.45, 7) is 5.30. The van der Waals surface area contributed by atoms with E-state index in [1.165, 1.54) is 5.56 Å². The number of ether oxygens (including phenoxy) is 2. The largest absolute Gasteiger partial charge is 0.457 e. The lowest BCUT2D eigenvalue weighted by Crippen LogP contribution is -2.39. The number of unbranched alkanes of at least 4 members (excludes halogenated alkanes) is 2. The molecule has 6 nitrogen and oxygen atoms in total. The van der Waals surface area contributed by atoms with Gasteiger partial charge in [-0.25, -0.2) is 0 Å².